The van der Waals surface area contributed by atoms with Gasteiger partial charge in [-0.3, -0.25) is 14.9 Å². The molecule has 0 fully saturated rings. The van der Waals surface area contributed by atoms with E-state index >= 15 is 0 Å². The molecule has 1 amide bonds. The van der Waals surface area contributed by atoms with Gasteiger partial charge in [-0.2, -0.15) is 5.10 Å². The van der Waals surface area contributed by atoms with Gasteiger partial charge in [-0.15, -0.1) is 4.83 Å². The van der Waals surface area contributed by atoms with Gasteiger partial charge in [0.25, 0.3) is 5.91 Å². The molecule has 0 radical (unpaired) electrons. The standard InChI is InChI=1S/C16H15Cl2FN6O3S/c1-24-6-13(20-8-24)9-3-10(15(19)11(17)4-9)16(26)22-23-29(27,28)7-14-12(18)5-21-25(14)2/h3-6,8,23H,7H2,1-2H3,(H,22,26). The van der Waals surface area contributed by atoms with Gasteiger partial charge < -0.3 is 4.57 Å². The Bertz CT molecular complexity index is 1170. The predicted octanol–water partition coefficient (Wildman–Crippen LogP) is 2.03. The van der Waals surface area contributed by atoms with Crippen LogP contribution >= 0.6 is 23.2 Å². The van der Waals surface area contributed by atoms with Crippen molar-refractivity contribution in [2.75, 3.05) is 0 Å². The maximum atomic E-state index is 14.4. The second-order valence-corrected chi connectivity index (χ2v) is 8.66. The quantitative estimate of drug-likeness (QED) is 0.546. The summed E-state index contributed by atoms with van der Waals surface area (Å²) in [6.07, 6.45) is 4.49. The molecule has 0 unspecified atom stereocenters. The van der Waals surface area contributed by atoms with E-state index in [0.29, 0.717) is 11.3 Å². The SMILES string of the molecule is Cn1cnc(-c2cc(Cl)c(F)c(C(=O)NNS(=O)(=O)Cc3c(Cl)cnn3C)c2)c1. The molecular weight excluding hydrogens is 446 g/mol. The zero-order valence-electron chi connectivity index (χ0n) is 15.1. The molecule has 13 heteroatoms. The fourth-order valence-electron chi connectivity index (χ4n) is 2.47. The van der Waals surface area contributed by atoms with E-state index in [4.69, 9.17) is 23.2 Å². The number of aromatic nitrogens is 4. The van der Waals surface area contributed by atoms with Crippen molar-refractivity contribution in [3.63, 3.8) is 0 Å². The van der Waals surface area contributed by atoms with E-state index in [0.717, 1.165) is 0 Å². The summed E-state index contributed by atoms with van der Waals surface area (Å²) in [6, 6.07) is 2.55. The Morgan fingerprint density at radius 2 is 1.97 bits per heavy atom. The van der Waals surface area contributed by atoms with Gasteiger partial charge in [-0.1, -0.05) is 23.2 Å². The molecule has 2 heterocycles. The van der Waals surface area contributed by atoms with Gasteiger partial charge in [0.1, 0.15) is 5.75 Å². The van der Waals surface area contributed by atoms with Crippen LogP contribution in [0.25, 0.3) is 11.3 Å². The van der Waals surface area contributed by atoms with Gasteiger partial charge >= 0.3 is 0 Å². The lowest BCUT2D eigenvalue weighted by Gasteiger charge is -2.11. The van der Waals surface area contributed by atoms with Crippen LogP contribution in [0.15, 0.2) is 30.9 Å². The molecule has 29 heavy (non-hydrogen) atoms. The fraction of sp³-hybridized carbons (Fsp3) is 0.188. The summed E-state index contributed by atoms with van der Waals surface area (Å²) in [7, 11) is -0.761. The topological polar surface area (TPSA) is 111 Å². The third-order valence-corrected chi connectivity index (χ3v) is 5.59. The van der Waals surface area contributed by atoms with Crippen LogP contribution in [0.3, 0.4) is 0 Å². The van der Waals surface area contributed by atoms with Crippen LogP contribution < -0.4 is 10.3 Å². The third-order valence-electron chi connectivity index (χ3n) is 3.93. The minimum Gasteiger partial charge on any atom is -0.340 e. The first-order chi connectivity index (χ1) is 13.6. The average molecular weight is 461 g/mol. The number of rotatable bonds is 6. The summed E-state index contributed by atoms with van der Waals surface area (Å²) in [5.41, 5.74) is 2.61. The van der Waals surface area contributed by atoms with E-state index in [-0.39, 0.29) is 15.7 Å². The largest absolute Gasteiger partial charge is 0.340 e. The van der Waals surface area contributed by atoms with Crippen molar-refractivity contribution in [1.82, 2.24) is 29.6 Å². The highest BCUT2D eigenvalue weighted by molar-refractivity contribution is 7.88. The first-order valence-electron chi connectivity index (χ1n) is 8.01. The number of hydrogen-bond acceptors (Lipinski definition) is 5. The molecule has 3 aromatic rings. The van der Waals surface area contributed by atoms with Gasteiger partial charge in [-0.05, 0) is 12.1 Å². The van der Waals surface area contributed by atoms with Crippen molar-refractivity contribution in [2.45, 2.75) is 5.75 Å². The van der Waals surface area contributed by atoms with E-state index in [1.807, 2.05) is 10.3 Å². The molecule has 0 saturated carbocycles. The molecule has 0 atom stereocenters. The van der Waals surface area contributed by atoms with E-state index in [9.17, 15) is 17.6 Å². The Morgan fingerprint density at radius 3 is 2.55 bits per heavy atom. The molecule has 9 nitrogen and oxygen atoms in total. The summed E-state index contributed by atoms with van der Waals surface area (Å²) >= 11 is 11.8. The summed E-state index contributed by atoms with van der Waals surface area (Å²) in [6.45, 7) is 0. The Morgan fingerprint density at radius 1 is 1.24 bits per heavy atom. The van der Waals surface area contributed by atoms with Crippen molar-refractivity contribution >= 4 is 39.1 Å². The normalized spacial score (nSPS) is 11.6. The smallest absolute Gasteiger partial charge is 0.269 e. The van der Waals surface area contributed by atoms with Gasteiger partial charge in [0.05, 0.1) is 39.5 Å². The van der Waals surface area contributed by atoms with Crippen molar-refractivity contribution < 1.29 is 17.6 Å². The molecule has 3 rings (SSSR count). The van der Waals surface area contributed by atoms with Crippen LogP contribution in [-0.2, 0) is 29.9 Å². The second kappa shape index (κ2) is 8.11. The average Bonchev–Trinajstić information content (AvgIpc) is 3.22. The minimum absolute atomic E-state index is 0.157. The van der Waals surface area contributed by atoms with Gasteiger partial charge in [-0.25, -0.2) is 17.8 Å². The predicted molar refractivity (Wildman–Crippen MR) is 105 cm³/mol. The number of sulfonamides is 1. The number of halogens is 3. The Kier molecular flexibility index (Phi) is 5.94. The minimum atomic E-state index is -4.03. The molecule has 0 aliphatic rings. The zero-order chi connectivity index (χ0) is 21.3. The highest BCUT2D eigenvalue weighted by atomic mass is 35.5. The van der Waals surface area contributed by atoms with Crippen molar-refractivity contribution in [3.8, 4) is 11.3 Å². The van der Waals surface area contributed by atoms with Crippen LogP contribution in [-0.4, -0.2) is 33.7 Å². The summed E-state index contributed by atoms with van der Waals surface area (Å²) in [4.78, 5) is 18.4. The molecule has 0 aliphatic heterocycles. The van der Waals surface area contributed by atoms with E-state index in [1.165, 1.54) is 36.4 Å². The molecule has 2 aromatic heterocycles. The summed E-state index contributed by atoms with van der Waals surface area (Å²) < 4.78 is 41.8. The molecule has 154 valence electrons. The van der Waals surface area contributed by atoms with Gasteiger partial charge in [0.15, 0.2) is 5.82 Å². The molecule has 0 aliphatic carbocycles. The van der Waals surface area contributed by atoms with Crippen LogP contribution in [0.2, 0.25) is 10.0 Å². The number of nitrogens with one attached hydrogen (secondary N) is 2. The Balaban J connectivity index is 1.79. The number of hydrogen-bond donors (Lipinski definition) is 2. The highest BCUT2D eigenvalue weighted by Gasteiger charge is 2.21. The van der Waals surface area contributed by atoms with Gasteiger partial charge in [0, 0.05) is 25.9 Å². The van der Waals surface area contributed by atoms with Crippen molar-refractivity contribution in [1.29, 1.82) is 0 Å². The number of hydrazine groups is 1. The first-order valence-corrected chi connectivity index (χ1v) is 10.4. The molecule has 2 N–H and O–H groups in total. The maximum absolute atomic E-state index is 14.4. The summed E-state index contributed by atoms with van der Waals surface area (Å²) in [5, 5.41) is 3.69. The monoisotopic (exact) mass is 460 g/mol. The van der Waals surface area contributed by atoms with Crippen LogP contribution in [0, 0.1) is 5.82 Å². The molecule has 0 saturated heterocycles. The Labute approximate surface area is 175 Å². The fourth-order valence-corrected chi connectivity index (χ4v) is 4.02. The number of carbonyl (C=O) groups excluding carboxylic acids is 1. The number of imidazole rings is 1. The number of nitrogens with zero attached hydrogens (tertiary/aromatic N) is 4. The third kappa shape index (κ3) is 4.75. The Hall–Kier alpha value is -2.47. The number of benzene rings is 1. The zero-order valence-corrected chi connectivity index (χ0v) is 17.5. The molecule has 0 spiro atoms. The highest BCUT2D eigenvalue weighted by Crippen LogP contribution is 2.27. The molecule has 1 aromatic carbocycles. The lowest BCUT2D eigenvalue weighted by Crippen LogP contribution is -2.42. The maximum Gasteiger partial charge on any atom is 0.269 e. The van der Waals surface area contributed by atoms with Crippen LogP contribution in [0.4, 0.5) is 4.39 Å². The van der Waals surface area contributed by atoms with Crippen molar-refractivity contribution in [2.24, 2.45) is 14.1 Å². The van der Waals surface area contributed by atoms with Gasteiger partial charge in [0.2, 0.25) is 10.0 Å². The lowest BCUT2D eigenvalue weighted by atomic mass is 10.1. The number of carbonyl (C=O) groups is 1. The summed E-state index contributed by atoms with van der Waals surface area (Å²) in [5.74, 6) is -2.56. The van der Waals surface area contributed by atoms with Crippen LogP contribution in [0.1, 0.15) is 16.1 Å². The lowest BCUT2D eigenvalue weighted by molar-refractivity contribution is 0.0941. The number of amides is 1. The van der Waals surface area contributed by atoms with E-state index in [1.54, 1.807) is 17.8 Å². The molecule has 0 bridgehead atoms. The number of aryl methyl sites for hydroxylation is 2. The molecular formula is C16H15Cl2FN6O3S. The van der Waals surface area contributed by atoms with Crippen molar-refractivity contribution in [3.05, 3.63) is 58.0 Å². The first kappa shape index (κ1) is 21.2. The van der Waals surface area contributed by atoms with Crippen LogP contribution in [0.5, 0.6) is 0 Å². The van der Waals surface area contributed by atoms with E-state index < -0.39 is 33.1 Å². The van der Waals surface area contributed by atoms with E-state index in [2.05, 4.69) is 10.1 Å². The second-order valence-electron chi connectivity index (χ2n) is 6.12.